The van der Waals surface area contributed by atoms with Gasteiger partial charge in [0.05, 0.1) is 10.7 Å². The molecule has 0 radical (unpaired) electrons. The van der Waals surface area contributed by atoms with Crippen LogP contribution in [0.5, 0.6) is 0 Å². The van der Waals surface area contributed by atoms with Crippen LogP contribution in [0.15, 0.2) is 18.2 Å². The zero-order valence-corrected chi connectivity index (χ0v) is 11.6. The van der Waals surface area contributed by atoms with Gasteiger partial charge in [0.2, 0.25) is 0 Å². The lowest BCUT2D eigenvalue weighted by atomic mass is 9.97. The van der Waals surface area contributed by atoms with Gasteiger partial charge in [-0.05, 0) is 46.2 Å². The van der Waals surface area contributed by atoms with Gasteiger partial charge in [-0.15, -0.1) is 0 Å². The summed E-state index contributed by atoms with van der Waals surface area (Å²) in [7, 11) is 0. The van der Waals surface area contributed by atoms with Crippen molar-refractivity contribution in [3.05, 3.63) is 26.8 Å². The first kappa shape index (κ1) is 12.1. The minimum atomic E-state index is 0.270. The Bertz CT molecular complexity index is 318. The van der Waals surface area contributed by atoms with Crippen LogP contribution in [0.25, 0.3) is 0 Å². The number of halogens is 2. The van der Waals surface area contributed by atoms with Gasteiger partial charge in [-0.1, -0.05) is 32.4 Å². The summed E-state index contributed by atoms with van der Waals surface area (Å²) in [4.78, 5) is 0. The lowest BCUT2D eigenvalue weighted by Gasteiger charge is -2.20. The van der Waals surface area contributed by atoms with Crippen molar-refractivity contribution in [2.45, 2.75) is 20.8 Å². The molecule has 0 atom stereocenters. The highest BCUT2D eigenvalue weighted by atomic mass is 127. The Kier molecular flexibility index (Phi) is 4.07. The Hall–Kier alpha value is 0.0400. The molecule has 1 N–H and O–H groups in total. The van der Waals surface area contributed by atoms with Gasteiger partial charge in [0.1, 0.15) is 0 Å². The molecule has 3 heteroatoms. The number of rotatable bonds is 2. The van der Waals surface area contributed by atoms with Crippen LogP contribution in [0.3, 0.4) is 0 Å². The third-order valence-corrected chi connectivity index (χ3v) is 2.72. The van der Waals surface area contributed by atoms with Crippen molar-refractivity contribution >= 4 is 39.9 Å². The number of hydrogen-bond acceptors (Lipinski definition) is 1. The maximum absolute atomic E-state index is 6.09. The summed E-state index contributed by atoms with van der Waals surface area (Å²) in [5.74, 6) is 0. The molecule has 0 fully saturated rings. The Morgan fingerprint density at radius 1 is 1.36 bits per heavy atom. The Labute approximate surface area is 104 Å². The standard InChI is InChI=1S/C11H15ClIN/c1-11(2,3)7-14-10-5-4-8(13)6-9(10)12/h4-6,14H,7H2,1-3H3. The second kappa shape index (κ2) is 4.71. The number of nitrogens with one attached hydrogen (secondary N) is 1. The summed E-state index contributed by atoms with van der Waals surface area (Å²) in [6, 6.07) is 6.04. The van der Waals surface area contributed by atoms with Crippen LogP contribution >= 0.6 is 34.2 Å². The summed E-state index contributed by atoms with van der Waals surface area (Å²) in [5, 5.41) is 4.14. The smallest absolute Gasteiger partial charge is 0.0648 e. The van der Waals surface area contributed by atoms with E-state index in [0.29, 0.717) is 0 Å². The molecule has 0 bridgehead atoms. The number of hydrogen-bond donors (Lipinski definition) is 1. The van der Waals surface area contributed by atoms with Crippen LogP contribution < -0.4 is 5.32 Å². The van der Waals surface area contributed by atoms with Gasteiger partial charge in [0.15, 0.2) is 0 Å². The van der Waals surface area contributed by atoms with E-state index in [1.807, 2.05) is 12.1 Å². The molecule has 0 spiro atoms. The Balaban J connectivity index is 2.68. The van der Waals surface area contributed by atoms with E-state index in [2.05, 4.69) is 54.7 Å². The Morgan fingerprint density at radius 3 is 2.50 bits per heavy atom. The zero-order valence-electron chi connectivity index (χ0n) is 8.70. The summed E-state index contributed by atoms with van der Waals surface area (Å²) in [6.07, 6.45) is 0. The molecule has 0 aromatic heterocycles. The molecule has 1 aromatic carbocycles. The van der Waals surface area contributed by atoms with Crippen LogP contribution in [0, 0.1) is 8.99 Å². The fourth-order valence-electron chi connectivity index (χ4n) is 0.993. The van der Waals surface area contributed by atoms with Gasteiger partial charge in [-0.2, -0.15) is 0 Å². The highest BCUT2D eigenvalue weighted by molar-refractivity contribution is 14.1. The first-order valence-electron chi connectivity index (χ1n) is 4.57. The minimum Gasteiger partial charge on any atom is -0.383 e. The summed E-state index contributed by atoms with van der Waals surface area (Å²) in [6.45, 7) is 7.51. The van der Waals surface area contributed by atoms with Gasteiger partial charge >= 0.3 is 0 Å². The molecule has 78 valence electrons. The molecule has 1 rings (SSSR count). The molecule has 14 heavy (non-hydrogen) atoms. The molecule has 0 amide bonds. The molecule has 0 saturated carbocycles. The zero-order chi connectivity index (χ0) is 10.8. The van der Waals surface area contributed by atoms with Gasteiger partial charge in [-0.25, -0.2) is 0 Å². The predicted molar refractivity (Wildman–Crippen MR) is 72.1 cm³/mol. The van der Waals surface area contributed by atoms with Crippen LogP contribution in [0.2, 0.25) is 5.02 Å². The van der Waals surface area contributed by atoms with Gasteiger partial charge in [0, 0.05) is 10.1 Å². The Morgan fingerprint density at radius 2 is 2.00 bits per heavy atom. The molecular weight excluding hydrogens is 308 g/mol. The van der Waals surface area contributed by atoms with Gasteiger partial charge in [-0.3, -0.25) is 0 Å². The maximum Gasteiger partial charge on any atom is 0.0648 e. The summed E-state index contributed by atoms with van der Waals surface area (Å²) in [5.41, 5.74) is 1.29. The van der Waals surface area contributed by atoms with E-state index in [9.17, 15) is 0 Å². The normalized spacial score (nSPS) is 11.5. The first-order chi connectivity index (χ1) is 6.38. The van der Waals surface area contributed by atoms with Crippen molar-refractivity contribution in [1.82, 2.24) is 0 Å². The molecule has 0 aliphatic rings. The summed E-state index contributed by atoms with van der Waals surface area (Å²) >= 11 is 8.35. The largest absolute Gasteiger partial charge is 0.383 e. The van der Waals surface area contributed by atoms with E-state index in [4.69, 9.17) is 11.6 Å². The van der Waals surface area contributed by atoms with E-state index in [1.54, 1.807) is 0 Å². The second-order valence-electron chi connectivity index (χ2n) is 4.54. The molecule has 0 aliphatic heterocycles. The van der Waals surface area contributed by atoms with Crippen molar-refractivity contribution in [1.29, 1.82) is 0 Å². The fraction of sp³-hybridized carbons (Fsp3) is 0.455. The van der Waals surface area contributed by atoms with Gasteiger partial charge in [0.25, 0.3) is 0 Å². The summed E-state index contributed by atoms with van der Waals surface area (Å²) < 4.78 is 1.16. The molecule has 1 aromatic rings. The average Bonchev–Trinajstić information content (AvgIpc) is 2.00. The molecule has 1 nitrogen and oxygen atoms in total. The van der Waals surface area contributed by atoms with Gasteiger partial charge < -0.3 is 5.32 Å². The van der Waals surface area contributed by atoms with Crippen LogP contribution in [-0.2, 0) is 0 Å². The maximum atomic E-state index is 6.09. The van der Waals surface area contributed by atoms with E-state index in [1.165, 1.54) is 0 Å². The van der Waals surface area contributed by atoms with Crippen molar-refractivity contribution < 1.29 is 0 Å². The highest BCUT2D eigenvalue weighted by Gasteiger charge is 2.10. The molecule has 0 unspecified atom stereocenters. The molecular formula is C11H15ClIN. The van der Waals surface area contributed by atoms with E-state index >= 15 is 0 Å². The molecule has 0 saturated heterocycles. The third-order valence-electron chi connectivity index (χ3n) is 1.74. The van der Waals surface area contributed by atoms with Crippen LogP contribution in [0.4, 0.5) is 5.69 Å². The number of benzene rings is 1. The monoisotopic (exact) mass is 323 g/mol. The number of anilines is 1. The molecule has 0 heterocycles. The predicted octanol–water partition coefficient (Wildman–Crippen LogP) is 4.40. The van der Waals surface area contributed by atoms with Crippen molar-refractivity contribution in [2.75, 3.05) is 11.9 Å². The fourth-order valence-corrected chi connectivity index (χ4v) is 1.92. The SMILES string of the molecule is CC(C)(C)CNc1ccc(I)cc1Cl. The van der Waals surface area contributed by atoms with E-state index in [0.717, 1.165) is 20.8 Å². The van der Waals surface area contributed by atoms with Crippen LogP contribution in [-0.4, -0.2) is 6.54 Å². The quantitative estimate of drug-likeness (QED) is 0.795. The highest BCUT2D eigenvalue weighted by Crippen LogP contribution is 2.25. The van der Waals surface area contributed by atoms with E-state index < -0.39 is 0 Å². The lowest BCUT2D eigenvalue weighted by molar-refractivity contribution is 0.443. The first-order valence-corrected chi connectivity index (χ1v) is 6.03. The van der Waals surface area contributed by atoms with Crippen molar-refractivity contribution in [3.8, 4) is 0 Å². The second-order valence-corrected chi connectivity index (χ2v) is 6.19. The molecule has 0 aliphatic carbocycles. The topological polar surface area (TPSA) is 12.0 Å². The van der Waals surface area contributed by atoms with Crippen molar-refractivity contribution in [2.24, 2.45) is 5.41 Å². The lowest BCUT2D eigenvalue weighted by Crippen LogP contribution is -2.19. The minimum absolute atomic E-state index is 0.270. The van der Waals surface area contributed by atoms with Crippen molar-refractivity contribution in [3.63, 3.8) is 0 Å². The average molecular weight is 324 g/mol. The van der Waals surface area contributed by atoms with E-state index in [-0.39, 0.29) is 5.41 Å². The van der Waals surface area contributed by atoms with Crippen LogP contribution in [0.1, 0.15) is 20.8 Å². The third kappa shape index (κ3) is 4.05.